The van der Waals surface area contributed by atoms with Crippen LogP contribution >= 0.6 is 0 Å². The quantitative estimate of drug-likeness (QED) is 0.685. The maximum Gasteiger partial charge on any atom is 0.234 e. The Hall–Kier alpha value is -0.610. The molecule has 4 nitrogen and oxygen atoms in total. The second kappa shape index (κ2) is 8.48. The summed E-state index contributed by atoms with van der Waals surface area (Å²) in [5.74, 6) is 0.159. The van der Waals surface area contributed by atoms with Gasteiger partial charge >= 0.3 is 0 Å². The van der Waals surface area contributed by atoms with Gasteiger partial charge in [-0.1, -0.05) is 32.6 Å². The second-order valence-corrected chi connectivity index (χ2v) is 4.91. The number of rotatable bonds is 6. The van der Waals surface area contributed by atoms with Crippen molar-refractivity contribution in [1.29, 1.82) is 0 Å². The second-order valence-electron chi connectivity index (χ2n) is 4.91. The Morgan fingerprint density at radius 3 is 2.47 bits per heavy atom. The number of nitrogens with two attached hydrogens (primary N) is 1. The van der Waals surface area contributed by atoms with Crippen molar-refractivity contribution in [3.8, 4) is 0 Å². The smallest absolute Gasteiger partial charge is 0.234 e. The first-order valence-electron chi connectivity index (χ1n) is 6.98. The van der Waals surface area contributed by atoms with E-state index in [9.17, 15) is 4.79 Å². The van der Waals surface area contributed by atoms with E-state index in [4.69, 9.17) is 5.73 Å². The Morgan fingerprint density at radius 2 is 1.94 bits per heavy atom. The van der Waals surface area contributed by atoms with Crippen LogP contribution in [0.3, 0.4) is 0 Å². The number of carbonyl (C=O) groups excluding carboxylic acids is 1. The number of hydrogen-bond acceptors (Lipinski definition) is 3. The van der Waals surface area contributed by atoms with E-state index in [1.54, 1.807) is 0 Å². The van der Waals surface area contributed by atoms with Crippen molar-refractivity contribution in [1.82, 2.24) is 10.2 Å². The van der Waals surface area contributed by atoms with E-state index in [2.05, 4.69) is 17.1 Å². The van der Waals surface area contributed by atoms with Crippen molar-refractivity contribution in [2.24, 2.45) is 5.73 Å². The van der Waals surface area contributed by atoms with Crippen LogP contribution in [0, 0.1) is 0 Å². The fourth-order valence-corrected chi connectivity index (χ4v) is 2.43. The minimum Gasteiger partial charge on any atom is -0.352 e. The molecule has 3 N–H and O–H groups in total. The summed E-state index contributed by atoms with van der Waals surface area (Å²) in [7, 11) is 0. The van der Waals surface area contributed by atoms with Crippen LogP contribution in [-0.2, 0) is 4.79 Å². The predicted molar refractivity (Wildman–Crippen MR) is 70.8 cm³/mol. The highest BCUT2D eigenvalue weighted by atomic mass is 16.2. The molecule has 0 atom stereocenters. The zero-order valence-corrected chi connectivity index (χ0v) is 11.1. The Bertz CT molecular complexity index is 213. The SMILES string of the molecule is CCN(CCN)CC(=O)NC1CCCCCC1. The van der Waals surface area contributed by atoms with Gasteiger partial charge in [-0.05, 0) is 19.4 Å². The van der Waals surface area contributed by atoms with E-state index in [0.717, 1.165) is 25.9 Å². The summed E-state index contributed by atoms with van der Waals surface area (Å²) >= 11 is 0. The molecule has 0 spiro atoms. The van der Waals surface area contributed by atoms with Gasteiger partial charge in [0, 0.05) is 19.1 Å². The van der Waals surface area contributed by atoms with Crippen LogP contribution in [0.5, 0.6) is 0 Å². The van der Waals surface area contributed by atoms with E-state index in [-0.39, 0.29) is 5.91 Å². The van der Waals surface area contributed by atoms with Gasteiger partial charge in [0.2, 0.25) is 5.91 Å². The molecule has 100 valence electrons. The van der Waals surface area contributed by atoms with Crippen LogP contribution in [0.2, 0.25) is 0 Å². The molecule has 0 heterocycles. The number of hydrogen-bond donors (Lipinski definition) is 2. The van der Waals surface area contributed by atoms with E-state index in [1.165, 1.54) is 25.7 Å². The van der Waals surface area contributed by atoms with Crippen LogP contribution in [-0.4, -0.2) is 43.0 Å². The number of amides is 1. The predicted octanol–water partition coefficient (Wildman–Crippen LogP) is 1.11. The minimum atomic E-state index is 0.159. The monoisotopic (exact) mass is 241 g/mol. The first kappa shape index (κ1) is 14.5. The molecule has 0 aromatic carbocycles. The maximum absolute atomic E-state index is 11.9. The zero-order valence-electron chi connectivity index (χ0n) is 11.1. The number of likely N-dealkylation sites (N-methyl/N-ethyl adjacent to an activating group) is 1. The third-order valence-electron chi connectivity index (χ3n) is 3.48. The summed E-state index contributed by atoms with van der Waals surface area (Å²) in [6, 6.07) is 0.404. The number of carbonyl (C=O) groups is 1. The Labute approximate surface area is 105 Å². The van der Waals surface area contributed by atoms with E-state index in [0.29, 0.717) is 19.1 Å². The van der Waals surface area contributed by atoms with Crippen LogP contribution < -0.4 is 11.1 Å². The van der Waals surface area contributed by atoms with Crippen molar-refractivity contribution < 1.29 is 4.79 Å². The summed E-state index contributed by atoms with van der Waals surface area (Å²) < 4.78 is 0. The first-order valence-corrected chi connectivity index (χ1v) is 6.98. The molecule has 0 aromatic heterocycles. The molecule has 0 aliphatic heterocycles. The maximum atomic E-state index is 11.9. The Kier molecular flexibility index (Phi) is 7.21. The van der Waals surface area contributed by atoms with E-state index in [1.807, 2.05) is 0 Å². The third kappa shape index (κ3) is 6.03. The van der Waals surface area contributed by atoms with Crippen molar-refractivity contribution in [3.63, 3.8) is 0 Å². The molecule has 1 amide bonds. The van der Waals surface area contributed by atoms with Crippen LogP contribution in [0.1, 0.15) is 45.4 Å². The molecule has 0 bridgehead atoms. The van der Waals surface area contributed by atoms with Crippen LogP contribution in [0.4, 0.5) is 0 Å². The topological polar surface area (TPSA) is 58.4 Å². The summed E-state index contributed by atoms with van der Waals surface area (Å²) in [4.78, 5) is 14.0. The molecule has 0 saturated heterocycles. The highest BCUT2D eigenvalue weighted by Crippen LogP contribution is 2.17. The summed E-state index contributed by atoms with van der Waals surface area (Å²) in [6.45, 7) is 4.85. The van der Waals surface area contributed by atoms with E-state index < -0.39 is 0 Å². The third-order valence-corrected chi connectivity index (χ3v) is 3.48. The molecular formula is C13H27N3O. The standard InChI is InChI=1S/C13H27N3O/c1-2-16(10-9-14)11-13(17)15-12-7-5-3-4-6-8-12/h12H,2-11,14H2,1H3,(H,15,17). The molecule has 1 rings (SSSR count). The van der Waals surface area contributed by atoms with Gasteiger partial charge in [-0.2, -0.15) is 0 Å². The first-order chi connectivity index (χ1) is 8.26. The van der Waals surface area contributed by atoms with Crippen LogP contribution in [0.15, 0.2) is 0 Å². The summed E-state index contributed by atoms with van der Waals surface area (Å²) in [6.07, 6.45) is 7.45. The molecule has 4 heteroatoms. The largest absolute Gasteiger partial charge is 0.352 e. The van der Waals surface area contributed by atoms with Gasteiger partial charge in [-0.25, -0.2) is 0 Å². The lowest BCUT2D eigenvalue weighted by atomic mass is 10.1. The number of nitrogens with one attached hydrogen (secondary N) is 1. The van der Waals surface area contributed by atoms with Crippen molar-refractivity contribution in [3.05, 3.63) is 0 Å². The van der Waals surface area contributed by atoms with Crippen molar-refractivity contribution >= 4 is 5.91 Å². The molecular weight excluding hydrogens is 214 g/mol. The molecule has 0 aromatic rings. The highest BCUT2D eigenvalue weighted by molar-refractivity contribution is 5.78. The van der Waals surface area contributed by atoms with Crippen LogP contribution in [0.25, 0.3) is 0 Å². The molecule has 17 heavy (non-hydrogen) atoms. The molecule has 1 aliphatic carbocycles. The average Bonchev–Trinajstić information content (AvgIpc) is 2.57. The van der Waals surface area contributed by atoms with Gasteiger partial charge in [0.1, 0.15) is 0 Å². The fraction of sp³-hybridized carbons (Fsp3) is 0.923. The van der Waals surface area contributed by atoms with Gasteiger partial charge in [-0.3, -0.25) is 9.69 Å². The van der Waals surface area contributed by atoms with E-state index >= 15 is 0 Å². The Balaban J connectivity index is 2.26. The highest BCUT2D eigenvalue weighted by Gasteiger charge is 2.15. The van der Waals surface area contributed by atoms with Crippen molar-refractivity contribution in [2.45, 2.75) is 51.5 Å². The molecule has 1 fully saturated rings. The molecule has 1 aliphatic rings. The lowest BCUT2D eigenvalue weighted by Gasteiger charge is -2.21. The van der Waals surface area contributed by atoms with Gasteiger partial charge in [-0.15, -0.1) is 0 Å². The normalized spacial score (nSPS) is 18.1. The summed E-state index contributed by atoms with van der Waals surface area (Å²) in [5, 5.41) is 3.16. The lowest BCUT2D eigenvalue weighted by Crippen LogP contribution is -2.43. The lowest BCUT2D eigenvalue weighted by molar-refractivity contribution is -0.123. The molecule has 1 saturated carbocycles. The Morgan fingerprint density at radius 1 is 1.29 bits per heavy atom. The number of nitrogens with zero attached hydrogens (tertiary/aromatic N) is 1. The minimum absolute atomic E-state index is 0.159. The molecule has 0 unspecified atom stereocenters. The van der Waals surface area contributed by atoms with Crippen molar-refractivity contribution in [2.75, 3.05) is 26.2 Å². The summed E-state index contributed by atoms with van der Waals surface area (Å²) in [5.41, 5.74) is 5.51. The average molecular weight is 241 g/mol. The zero-order chi connectivity index (χ0) is 12.5. The van der Waals surface area contributed by atoms with Gasteiger partial charge < -0.3 is 11.1 Å². The molecule has 0 radical (unpaired) electrons. The van der Waals surface area contributed by atoms with Gasteiger partial charge in [0.15, 0.2) is 0 Å². The fourth-order valence-electron chi connectivity index (χ4n) is 2.43. The van der Waals surface area contributed by atoms with Gasteiger partial charge in [0.05, 0.1) is 6.54 Å². The van der Waals surface area contributed by atoms with Gasteiger partial charge in [0.25, 0.3) is 0 Å².